The number of carbonyl (C=O) groups is 2. The van der Waals surface area contributed by atoms with Crippen LogP contribution in [0.3, 0.4) is 0 Å². The Balaban J connectivity index is 4.50. The second-order valence-corrected chi connectivity index (χ2v) is 15.1. The van der Waals surface area contributed by atoms with Gasteiger partial charge >= 0.3 is 5.97 Å². The number of rotatable bonds is 39. The molecule has 6 nitrogen and oxygen atoms in total. The van der Waals surface area contributed by atoms with Crippen molar-refractivity contribution in [2.24, 2.45) is 0 Å². The highest BCUT2D eigenvalue weighted by atomic mass is 16.5. The third-order valence-corrected chi connectivity index (χ3v) is 9.98. The van der Waals surface area contributed by atoms with Crippen molar-refractivity contribution < 1.29 is 24.5 Å². The van der Waals surface area contributed by atoms with Crippen molar-refractivity contribution in [2.75, 3.05) is 6.61 Å². The fourth-order valence-corrected chi connectivity index (χ4v) is 6.59. The van der Waals surface area contributed by atoms with Crippen molar-refractivity contribution in [3.63, 3.8) is 0 Å². The molecule has 0 aliphatic carbocycles. The molecule has 300 valence electrons. The highest BCUT2D eigenvalue weighted by Gasteiger charge is 2.24. The Morgan fingerprint density at radius 1 is 0.549 bits per heavy atom. The van der Waals surface area contributed by atoms with Crippen molar-refractivity contribution in [3.8, 4) is 0 Å². The standard InChI is InChI=1S/C45H85NO5/c1-4-7-10-13-16-19-21-22-24-25-28-31-34-37-43(48)42(40-47)46-44(49)39-41(36-33-30-27-18-15-12-9-6-3)51-45(50)38-35-32-29-26-23-20-17-14-11-8-5-2/h12,14-15,17,41-43,47-48H,4-11,13,16,18-40H2,1-3H3,(H,46,49)/b15-12-,17-14-. The monoisotopic (exact) mass is 720 g/mol. The predicted octanol–water partition coefficient (Wildman–Crippen LogP) is 12.4. The predicted molar refractivity (Wildman–Crippen MR) is 218 cm³/mol. The van der Waals surface area contributed by atoms with E-state index in [2.05, 4.69) is 50.4 Å². The van der Waals surface area contributed by atoms with Crippen LogP contribution in [0.4, 0.5) is 0 Å². The van der Waals surface area contributed by atoms with Gasteiger partial charge in [-0.2, -0.15) is 0 Å². The lowest BCUT2D eigenvalue weighted by molar-refractivity contribution is -0.151. The first kappa shape index (κ1) is 49.3. The summed E-state index contributed by atoms with van der Waals surface area (Å²) in [5.74, 6) is -0.502. The number of esters is 1. The van der Waals surface area contributed by atoms with Gasteiger partial charge in [-0.1, -0.05) is 173 Å². The largest absolute Gasteiger partial charge is 0.462 e. The summed E-state index contributed by atoms with van der Waals surface area (Å²) in [6.07, 6.45) is 42.4. The van der Waals surface area contributed by atoms with Gasteiger partial charge in [-0.15, -0.1) is 0 Å². The summed E-state index contributed by atoms with van der Waals surface area (Å²) >= 11 is 0. The van der Waals surface area contributed by atoms with Gasteiger partial charge in [-0.25, -0.2) is 0 Å². The average Bonchev–Trinajstić information content (AvgIpc) is 3.12. The number of allylic oxidation sites excluding steroid dienone is 4. The molecule has 0 aromatic carbocycles. The summed E-state index contributed by atoms with van der Waals surface area (Å²) in [6, 6.07) is -0.701. The van der Waals surface area contributed by atoms with Crippen LogP contribution in [0.1, 0.15) is 226 Å². The van der Waals surface area contributed by atoms with Crippen LogP contribution in [0.15, 0.2) is 24.3 Å². The third kappa shape index (κ3) is 35.2. The Morgan fingerprint density at radius 3 is 1.55 bits per heavy atom. The molecule has 3 N–H and O–H groups in total. The van der Waals surface area contributed by atoms with E-state index in [1.54, 1.807) is 0 Å². The van der Waals surface area contributed by atoms with Gasteiger partial charge in [-0.05, 0) is 64.2 Å². The molecule has 0 aliphatic rings. The molecule has 6 heteroatoms. The van der Waals surface area contributed by atoms with Crippen LogP contribution in [-0.2, 0) is 14.3 Å². The molecule has 0 fully saturated rings. The normalized spacial score (nSPS) is 13.6. The highest BCUT2D eigenvalue weighted by molar-refractivity contribution is 5.77. The minimum Gasteiger partial charge on any atom is -0.462 e. The summed E-state index contributed by atoms with van der Waals surface area (Å²) in [4.78, 5) is 25.8. The van der Waals surface area contributed by atoms with Gasteiger partial charge in [0.15, 0.2) is 0 Å². The average molecular weight is 720 g/mol. The van der Waals surface area contributed by atoms with Crippen LogP contribution in [0, 0.1) is 0 Å². The lowest BCUT2D eigenvalue weighted by Crippen LogP contribution is -2.46. The molecule has 51 heavy (non-hydrogen) atoms. The van der Waals surface area contributed by atoms with Crippen molar-refractivity contribution in [3.05, 3.63) is 24.3 Å². The van der Waals surface area contributed by atoms with E-state index in [-0.39, 0.29) is 24.9 Å². The minimum absolute atomic E-state index is 0.0654. The second kappa shape index (κ2) is 39.5. The molecule has 3 unspecified atom stereocenters. The smallest absolute Gasteiger partial charge is 0.306 e. The maximum atomic E-state index is 13.1. The van der Waals surface area contributed by atoms with Crippen LogP contribution < -0.4 is 5.32 Å². The van der Waals surface area contributed by atoms with Crippen molar-refractivity contribution in [1.82, 2.24) is 5.32 Å². The Kier molecular flexibility index (Phi) is 38.3. The molecule has 0 heterocycles. The molecule has 0 bridgehead atoms. The number of carbonyl (C=O) groups excluding carboxylic acids is 2. The second-order valence-electron chi connectivity index (χ2n) is 15.1. The number of hydrogen-bond donors (Lipinski definition) is 3. The molecule has 0 rings (SSSR count). The van der Waals surface area contributed by atoms with E-state index in [0.717, 1.165) is 83.5 Å². The third-order valence-electron chi connectivity index (χ3n) is 9.98. The van der Waals surface area contributed by atoms with Crippen molar-refractivity contribution >= 4 is 11.9 Å². The van der Waals surface area contributed by atoms with Gasteiger partial charge in [0.05, 0.1) is 25.2 Å². The fraction of sp³-hybridized carbons (Fsp3) is 0.867. The Morgan fingerprint density at radius 2 is 1.00 bits per heavy atom. The lowest BCUT2D eigenvalue weighted by atomic mass is 10.0. The molecule has 0 aromatic heterocycles. The number of ether oxygens (including phenoxy) is 1. The topological polar surface area (TPSA) is 95.9 Å². The van der Waals surface area contributed by atoms with Gasteiger partial charge in [0.1, 0.15) is 6.10 Å². The Hall–Kier alpha value is -1.66. The molecule has 1 amide bonds. The van der Waals surface area contributed by atoms with E-state index in [4.69, 9.17) is 4.74 Å². The minimum atomic E-state index is -0.787. The van der Waals surface area contributed by atoms with Gasteiger partial charge in [0, 0.05) is 6.42 Å². The maximum absolute atomic E-state index is 13.1. The highest BCUT2D eigenvalue weighted by Crippen LogP contribution is 2.17. The summed E-state index contributed by atoms with van der Waals surface area (Å²) in [6.45, 7) is 6.35. The van der Waals surface area contributed by atoms with Crippen LogP contribution >= 0.6 is 0 Å². The number of aliphatic hydroxyl groups excluding tert-OH is 2. The number of amides is 1. The molecule has 0 saturated heterocycles. The van der Waals surface area contributed by atoms with E-state index < -0.39 is 18.2 Å². The van der Waals surface area contributed by atoms with Gasteiger partial charge in [0.2, 0.25) is 5.91 Å². The molecule has 3 atom stereocenters. The summed E-state index contributed by atoms with van der Waals surface area (Å²) < 4.78 is 5.85. The van der Waals surface area contributed by atoms with Crippen molar-refractivity contribution in [1.29, 1.82) is 0 Å². The number of unbranched alkanes of at least 4 members (excludes halogenated alkanes) is 23. The number of hydrogen-bond acceptors (Lipinski definition) is 5. The zero-order chi connectivity index (χ0) is 37.5. The molecule has 0 aromatic rings. The molecule has 0 radical (unpaired) electrons. The van der Waals surface area contributed by atoms with E-state index in [0.29, 0.717) is 19.3 Å². The summed E-state index contributed by atoms with van der Waals surface area (Å²) in [7, 11) is 0. The van der Waals surface area contributed by atoms with Gasteiger partial charge in [0.25, 0.3) is 0 Å². The van der Waals surface area contributed by atoms with Crippen LogP contribution in [0.5, 0.6) is 0 Å². The zero-order valence-electron chi connectivity index (χ0n) is 34.0. The van der Waals surface area contributed by atoms with Gasteiger partial charge in [-0.3, -0.25) is 9.59 Å². The Bertz CT molecular complexity index is 812. The van der Waals surface area contributed by atoms with Crippen LogP contribution in [0.2, 0.25) is 0 Å². The van der Waals surface area contributed by atoms with E-state index >= 15 is 0 Å². The molecule has 0 spiro atoms. The summed E-state index contributed by atoms with van der Waals surface area (Å²) in [5, 5.41) is 23.6. The van der Waals surface area contributed by atoms with E-state index in [9.17, 15) is 19.8 Å². The maximum Gasteiger partial charge on any atom is 0.306 e. The molecular formula is C45H85NO5. The van der Waals surface area contributed by atoms with Gasteiger partial charge < -0.3 is 20.3 Å². The zero-order valence-corrected chi connectivity index (χ0v) is 34.0. The molecule has 0 aliphatic heterocycles. The quantitative estimate of drug-likeness (QED) is 0.0334. The van der Waals surface area contributed by atoms with Crippen LogP contribution in [-0.4, -0.2) is 46.9 Å². The first-order valence-corrected chi connectivity index (χ1v) is 22.1. The Labute approximate surface area is 316 Å². The SMILES string of the molecule is CCC/C=C\CCCCCC(CC(=O)NC(CO)C(O)CCCCCCCCCCCCCCC)OC(=O)CCCCCCC/C=C\CCCC. The molecule has 0 saturated carbocycles. The lowest BCUT2D eigenvalue weighted by Gasteiger charge is -2.24. The first-order valence-electron chi connectivity index (χ1n) is 22.1. The van der Waals surface area contributed by atoms with Crippen LogP contribution in [0.25, 0.3) is 0 Å². The number of aliphatic hydroxyl groups is 2. The first-order chi connectivity index (χ1) is 25.0. The molecular weight excluding hydrogens is 634 g/mol. The fourth-order valence-electron chi connectivity index (χ4n) is 6.59. The van der Waals surface area contributed by atoms with E-state index in [1.807, 2.05) is 0 Å². The van der Waals surface area contributed by atoms with Crippen molar-refractivity contribution in [2.45, 2.75) is 244 Å². The number of nitrogens with one attached hydrogen (secondary N) is 1. The van der Waals surface area contributed by atoms with E-state index in [1.165, 1.54) is 96.3 Å². The summed E-state index contributed by atoms with van der Waals surface area (Å²) in [5.41, 5.74) is 0.